The number of aromatic amines is 1. The van der Waals surface area contributed by atoms with Gasteiger partial charge < -0.3 is 9.30 Å². The SMILES string of the molecule is Cc1nc(Oc2ccc(NS(=O)(=O)c3ccc(F)c(-c4nn[nH]n4)c3)cc2)cc(-n2cccc2)n1. The molecular formula is C22H17FN8O3S. The van der Waals surface area contributed by atoms with Crippen molar-refractivity contribution in [2.24, 2.45) is 0 Å². The van der Waals surface area contributed by atoms with Gasteiger partial charge >= 0.3 is 0 Å². The molecule has 13 heteroatoms. The first-order valence-corrected chi connectivity index (χ1v) is 11.7. The minimum absolute atomic E-state index is 0.0547. The van der Waals surface area contributed by atoms with Crippen LogP contribution in [0.25, 0.3) is 17.2 Å². The van der Waals surface area contributed by atoms with E-state index in [0.29, 0.717) is 23.3 Å². The molecule has 2 aromatic carbocycles. The monoisotopic (exact) mass is 492 g/mol. The van der Waals surface area contributed by atoms with Gasteiger partial charge in [0.2, 0.25) is 11.7 Å². The third-order valence-electron chi connectivity index (χ3n) is 4.83. The predicted molar refractivity (Wildman–Crippen MR) is 123 cm³/mol. The summed E-state index contributed by atoms with van der Waals surface area (Å²) < 4.78 is 50.0. The molecule has 5 aromatic rings. The predicted octanol–water partition coefficient (Wildman–Crippen LogP) is 3.49. The number of nitrogens with zero attached hydrogens (tertiary/aromatic N) is 6. The van der Waals surface area contributed by atoms with Crippen LogP contribution in [0.4, 0.5) is 10.1 Å². The zero-order valence-electron chi connectivity index (χ0n) is 18.1. The first-order valence-electron chi connectivity index (χ1n) is 10.2. The number of tetrazole rings is 1. The highest BCUT2D eigenvalue weighted by atomic mass is 32.2. The van der Waals surface area contributed by atoms with Crippen molar-refractivity contribution in [2.45, 2.75) is 11.8 Å². The maximum atomic E-state index is 14.1. The number of rotatable bonds is 7. The molecule has 176 valence electrons. The van der Waals surface area contributed by atoms with E-state index in [4.69, 9.17) is 4.74 Å². The number of sulfonamides is 1. The van der Waals surface area contributed by atoms with Gasteiger partial charge in [-0.3, -0.25) is 4.72 Å². The summed E-state index contributed by atoms with van der Waals surface area (Å²) in [4.78, 5) is 8.52. The highest BCUT2D eigenvalue weighted by molar-refractivity contribution is 7.92. The molecule has 3 heterocycles. The van der Waals surface area contributed by atoms with Crippen molar-refractivity contribution in [3.63, 3.8) is 0 Å². The molecule has 0 radical (unpaired) electrons. The molecule has 0 aliphatic carbocycles. The van der Waals surface area contributed by atoms with Crippen LogP contribution >= 0.6 is 0 Å². The third kappa shape index (κ3) is 4.84. The van der Waals surface area contributed by atoms with Crippen LogP contribution in [-0.2, 0) is 10.0 Å². The average Bonchev–Trinajstić information content (AvgIpc) is 3.55. The molecule has 35 heavy (non-hydrogen) atoms. The number of aryl methyl sites for hydroxylation is 1. The Labute approximate surface area is 198 Å². The van der Waals surface area contributed by atoms with Gasteiger partial charge in [-0.2, -0.15) is 10.2 Å². The number of aromatic nitrogens is 7. The fourth-order valence-corrected chi connectivity index (χ4v) is 4.33. The molecule has 5 rings (SSSR count). The van der Waals surface area contributed by atoms with Gasteiger partial charge in [-0.25, -0.2) is 17.8 Å². The average molecular weight is 492 g/mol. The molecule has 11 nitrogen and oxygen atoms in total. The molecule has 3 aromatic heterocycles. The number of halogens is 1. The van der Waals surface area contributed by atoms with Gasteiger partial charge in [-0.1, -0.05) is 0 Å². The zero-order valence-corrected chi connectivity index (χ0v) is 18.9. The molecule has 0 aliphatic heterocycles. The number of ether oxygens (including phenoxy) is 1. The molecule has 0 unspecified atom stereocenters. The van der Waals surface area contributed by atoms with Gasteiger partial charge in [0.05, 0.1) is 10.5 Å². The Morgan fingerprint density at radius 2 is 1.80 bits per heavy atom. The van der Waals surface area contributed by atoms with E-state index in [1.807, 2.05) is 29.1 Å². The lowest BCUT2D eigenvalue weighted by Crippen LogP contribution is -2.13. The molecule has 0 atom stereocenters. The van der Waals surface area contributed by atoms with E-state index in [0.717, 1.165) is 18.2 Å². The fourth-order valence-electron chi connectivity index (χ4n) is 3.24. The molecule has 0 fully saturated rings. The summed E-state index contributed by atoms with van der Waals surface area (Å²) in [5.41, 5.74) is 0.194. The van der Waals surface area contributed by atoms with Gasteiger partial charge in [0.1, 0.15) is 23.2 Å². The molecule has 0 bridgehead atoms. The van der Waals surface area contributed by atoms with Crippen LogP contribution in [0.3, 0.4) is 0 Å². The summed E-state index contributed by atoms with van der Waals surface area (Å²) in [7, 11) is -4.02. The lowest BCUT2D eigenvalue weighted by atomic mass is 10.2. The summed E-state index contributed by atoms with van der Waals surface area (Å²) >= 11 is 0. The third-order valence-corrected chi connectivity index (χ3v) is 6.21. The Morgan fingerprint density at radius 1 is 1.03 bits per heavy atom. The van der Waals surface area contributed by atoms with Crippen molar-refractivity contribution in [1.29, 1.82) is 0 Å². The maximum absolute atomic E-state index is 14.1. The summed E-state index contributed by atoms with van der Waals surface area (Å²) in [5.74, 6) is 1.25. The van der Waals surface area contributed by atoms with E-state index < -0.39 is 15.8 Å². The highest BCUT2D eigenvalue weighted by Crippen LogP contribution is 2.26. The quantitative estimate of drug-likeness (QED) is 0.352. The standard InChI is InChI=1S/C22H17FN8O3S/c1-14-24-20(31-10-2-3-11-31)13-21(25-14)34-16-6-4-15(5-7-16)28-35(32,33)17-8-9-19(23)18(12-17)22-26-29-30-27-22/h2-13,28H,1H3,(H,26,27,29,30). The number of benzene rings is 2. The Bertz CT molecular complexity index is 1570. The lowest BCUT2D eigenvalue weighted by molar-refractivity contribution is 0.459. The molecular weight excluding hydrogens is 475 g/mol. The summed E-state index contributed by atoms with van der Waals surface area (Å²) in [6.07, 6.45) is 3.72. The van der Waals surface area contributed by atoms with Gasteiger partial charge in [-0.05, 0) is 66.7 Å². The Kier molecular flexibility index (Phi) is 5.66. The van der Waals surface area contributed by atoms with E-state index >= 15 is 0 Å². The number of anilines is 1. The van der Waals surface area contributed by atoms with Crippen molar-refractivity contribution in [1.82, 2.24) is 35.2 Å². The van der Waals surface area contributed by atoms with Crippen molar-refractivity contribution < 1.29 is 17.5 Å². The van der Waals surface area contributed by atoms with Gasteiger partial charge in [0, 0.05) is 24.1 Å². The molecule has 2 N–H and O–H groups in total. The maximum Gasteiger partial charge on any atom is 0.261 e. The molecule has 0 saturated carbocycles. The van der Waals surface area contributed by atoms with Crippen LogP contribution in [0.2, 0.25) is 0 Å². The summed E-state index contributed by atoms with van der Waals surface area (Å²) in [5, 5.41) is 13.0. The molecule has 0 saturated heterocycles. The van der Waals surface area contributed by atoms with Crippen molar-refractivity contribution in [3.8, 4) is 28.8 Å². The van der Waals surface area contributed by atoms with Crippen LogP contribution in [0, 0.1) is 12.7 Å². The van der Waals surface area contributed by atoms with E-state index in [2.05, 4.69) is 35.3 Å². The first-order chi connectivity index (χ1) is 16.9. The minimum Gasteiger partial charge on any atom is -0.439 e. The topological polar surface area (TPSA) is 141 Å². The second-order valence-corrected chi connectivity index (χ2v) is 8.99. The largest absolute Gasteiger partial charge is 0.439 e. The highest BCUT2D eigenvalue weighted by Gasteiger charge is 2.19. The van der Waals surface area contributed by atoms with E-state index in [-0.39, 0.29) is 22.0 Å². The lowest BCUT2D eigenvalue weighted by Gasteiger charge is -2.11. The van der Waals surface area contributed by atoms with Crippen LogP contribution in [0.15, 0.2) is 78.0 Å². The van der Waals surface area contributed by atoms with Gasteiger partial charge in [0.25, 0.3) is 10.0 Å². The zero-order chi connectivity index (χ0) is 24.4. The van der Waals surface area contributed by atoms with E-state index in [9.17, 15) is 12.8 Å². The first kappa shape index (κ1) is 22.2. The Balaban J connectivity index is 1.33. The normalized spacial score (nSPS) is 11.4. The number of H-pyrrole nitrogens is 1. The number of hydrogen-bond acceptors (Lipinski definition) is 8. The van der Waals surface area contributed by atoms with E-state index in [1.54, 1.807) is 25.1 Å². The second-order valence-electron chi connectivity index (χ2n) is 7.31. The molecule has 0 amide bonds. The Morgan fingerprint density at radius 3 is 2.51 bits per heavy atom. The van der Waals surface area contributed by atoms with Crippen molar-refractivity contribution in [3.05, 3.63) is 84.7 Å². The summed E-state index contributed by atoms with van der Waals surface area (Å²) in [6, 6.07) is 15.1. The smallest absolute Gasteiger partial charge is 0.261 e. The van der Waals surface area contributed by atoms with Crippen LogP contribution in [0.5, 0.6) is 11.6 Å². The van der Waals surface area contributed by atoms with Crippen LogP contribution < -0.4 is 9.46 Å². The van der Waals surface area contributed by atoms with Gasteiger partial charge in [-0.15, -0.1) is 10.2 Å². The Hall–Kier alpha value is -4.65. The van der Waals surface area contributed by atoms with Crippen molar-refractivity contribution in [2.75, 3.05) is 4.72 Å². The number of hydrogen-bond donors (Lipinski definition) is 2. The fraction of sp³-hybridized carbons (Fsp3) is 0.0455. The van der Waals surface area contributed by atoms with E-state index in [1.165, 1.54) is 12.1 Å². The van der Waals surface area contributed by atoms with Crippen LogP contribution in [-0.4, -0.2) is 43.6 Å². The van der Waals surface area contributed by atoms with Crippen molar-refractivity contribution >= 4 is 15.7 Å². The molecule has 0 spiro atoms. The molecule has 0 aliphatic rings. The minimum atomic E-state index is -4.02. The number of nitrogens with one attached hydrogen (secondary N) is 2. The van der Waals surface area contributed by atoms with Crippen LogP contribution in [0.1, 0.15) is 5.82 Å². The van der Waals surface area contributed by atoms with Gasteiger partial charge in [0.15, 0.2) is 0 Å². The second kappa shape index (κ2) is 8.95. The summed E-state index contributed by atoms with van der Waals surface area (Å²) in [6.45, 7) is 1.76.